The molecule has 0 unspecified atom stereocenters. The smallest absolute Gasteiger partial charge is 0.176 e. The Labute approximate surface area is 101 Å². The number of nitrogens with zero attached hydrogens (tertiary/aromatic N) is 2. The van der Waals surface area contributed by atoms with Crippen molar-refractivity contribution in [1.29, 1.82) is 5.26 Å². The molecule has 0 radical (unpaired) electrons. The quantitative estimate of drug-likeness (QED) is 0.694. The summed E-state index contributed by atoms with van der Waals surface area (Å²) in [4.78, 5) is 13.8. The number of benzene rings is 1. The molecule has 0 spiro atoms. The number of methoxy groups -OCH3 is 1. The Kier molecular flexibility index (Phi) is 5.34. The van der Waals surface area contributed by atoms with Crippen LogP contribution in [0.4, 0.5) is 0 Å². The van der Waals surface area contributed by atoms with E-state index in [2.05, 4.69) is 0 Å². The lowest BCUT2D eigenvalue weighted by molar-refractivity contribution is 0.0922. The minimum absolute atomic E-state index is 0.0492. The summed E-state index contributed by atoms with van der Waals surface area (Å²) in [7, 11) is 3.51. The van der Waals surface area contributed by atoms with Gasteiger partial charge in [0, 0.05) is 19.2 Å². The summed E-state index contributed by atoms with van der Waals surface area (Å²) in [6.45, 7) is 1.69. The lowest BCUT2D eigenvalue weighted by Crippen LogP contribution is -2.29. The van der Waals surface area contributed by atoms with Crippen LogP contribution in [0.25, 0.3) is 0 Å². The second-order valence-electron chi connectivity index (χ2n) is 3.84. The van der Waals surface area contributed by atoms with Crippen LogP contribution in [0, 0.1) is 11.3 Å². The van der Waals surface area contributed by atoms with Crippen LogP contribution in [0.15, 0.2) is 24.3 Å². The van der Waals surface area contributed by atoms with Gasteiger partial charge in [-0.2, -0.15) is 5.26 Å². The van der Waals surface area contributed by atoms with Crippen LogP contribution >= 0.6 is 0 Å². The molecule has 0 amide bonds. The zero-order valence-corrected chi connectivity index (χ0v) is 10.1. The molecule has 1 aromatic carbocycles. The third kappa shape index (κ3) is 4.35. The van der Waals surface area contributed by atoms with Crippen molar-refractivity contribution >= 4 is 5.78 Å². The van der Waals surface area contributed by atoms with Gasteiger partial charge in [-0.25, -0.2) is 0 Å². The first-order chi connectivity index (χ1) is 8.17. The van der Waals surface area contributed by atoms with Crippen LogP contribution < -0.4 is 0 Å². The van der Waals surface area contributed by atoms with E-state index in [0.717, 1.165) is 6.54 Å². The number of likely N-dealkylation sites (N-methyl/N-ethyl adjacent to an activating group) is 1. The van der Waals surface area contributed by atoms with Gasteiger partial charge in [-0.15, -0.1) is 0 Å². The predicted octanol–water partition coefficient (Wildman–Crippen LogP) is 1.32. The van der Waals surface area contributed by atoms with Gasteiger partial charge < -0.3 is 4.74 Å². The van der Waals surface area contributed by atoms with Gasteiger partial charge in [0.1, 0.15) is 0 Å². The van der Waals surface area contributed by atoms with E-state index in [1.165, 1.54) is 0 Å². The standard InChI is InChI=1S/C13H16N2O2/c1-15(7-8-17-2)10-13(16)12-5-3-11(9-14)4-6-12/h3-6H,7-8,10H2,1-2H3. The molecule has 0 saturated heterocycles. The van der Waals surface area contributed by atoms with Gasteiger partial charge in [0.15, 0.2) is 5.78 Å². The number of hydrogen-bond acceptors (Lipinski definition) is 4. The van der Waals surface area contributed by atoms with E-state index in [9.17, 15) is 4.79 Å². The Hall–Kier alpha value is -1.70. The largest absolute Gasteiger partial charge is 0.383 e. The fourth-order valence-corrected chi connectivity index (χ4v) is 1.39. The first kappa shape index (κ1) is 13.4. The van der Waals surface area contributed by atoms with Gasteiger partial charge in [-0.3, -0.25) is 9.69 Å². The molecule has 0 fully saturated rings. The van der Waals surface area contributed by atoms with Crippen molar-refractivity contribution in [3.05, 3.63) is 35.4 Å². The van der Waals surface area contributed by atoms with Crippen molar-refractivity contribution in [2.24, 2.45) is 0 Å². The highest BCUT2D eigenvalue weighted by molar-refractivity contribution is 5.97. The molecule has 0 saturated carbocycles. The summed E-state index contributed by atoms with van der Waals surface area (Å²) in [6.07, 6.45) is 0. The summed E-state index contributed by atoms with van der Waals surface area (Å²) in [5.41, 5.74) is 1.20. The number of hydrogen-bond donors (Lipinski definition) is 0. The number of carbonyl (C=O) groups excluding carboxylic acids is 1. The zero-order chi connectivity index (χ0) is 12.7. The molecule has 0 heterocycles. The van der Waals surface area contributed by atoms with Gasteiger partial charge in [-0.05, 0) is 19.2 Å². The van der Waals surface area contributed by atoms with Crippen LogP contribution in [0.5, 0.6) is 0 Å². The van der Waals surface area contributed by atoms with Crippen molar-refractivity contribution < 1.29 is 9.53 Å². The molecular formula is C13H16N2O2. The Balaban J connectivity index is 2.54. The highest BCUT2D eigenvalue weighted by Crippen LogP contribution is 2.04. The summed E-state index contributed by atoms with van der Waals surface area (Å²) < 4.78 is 4.94. The van der Waals surface area contributed by atoms with E-state index in [1.807, 2.05) is 18.0 Å². The molecule has 0 bridgehead atoms. The second kappa shape index (κ2) is 6.79. The summed E-state index contributed by atoms with van der Waals surface area (Å²) in [6, 6.07) is 8.70. The van der Waals surface area contributed by atoms with Crippen molar-refractivity contribution in [3.63, 3.8) is 0 Å². The molecule has 1 rings (SSSR count). The number of ketones is 1. The van der Waals surface area contributed by atoms with E-state index >= 15 is 0 Å². The fraction of sp³-hybridized carbons (Fsp3) is 0.385. The molecule has 0 aliphatic rings. The fourth-order valence-electron chi connectivity index (χ4n) is 1.39. The molecule has 0 aliphatic carbocycles. The average molecular weight is 232 g/mol. The SMILES string of the molecule is COCCN(C)CC(=O)c1ccc(C#N)cc1. The lowest BCUT2D eigenvalue weighted by Gasteiger charge is -2.14. The number of ether oxygens (including phenoxy) is 1. The van der Waals surface area contributed by atoms with E-state index in [-0.39, 0.29) is 5.78 Å². The zero-order valence-electron chi connectivity index (χ0n) is 10.1. The third-order valence-electron chi connectivity index (χ3n) is 2.43. The first-order valence-corrected chi connectivity index (χ1v) is 5.38. The van der Waals surface area contributed by atoms with Crippen LogP contribution in [-0.4, -0.2) is 44.5 Å². The van der Waals surface area contributed by atoms with E-state index in [0.29, 0.717) is 24.3 Å². The topological polar surface area (TPSA) is 53.3 Å². The number of carbonyl (C=O) groups is 1. The van der Waals surface area contributed by atoms with E-state index in [1.54, 1.807) is 31.4 Å². The Morgan fingerprint density at radius 2 is 2.06 bits per heavy atom. The Bertz CT molecular complexity index is 406. The molecule has 0 aromatic heterocycles. The van der Waals surface area contributed by atoms with Crippen molar-refractivity contribution in [2.45, 2.75) is 0 Å². The van der Waals surface area contributed by atoms with Crippen LogP contribution in [0.3, 0.4) is 0 Å². The maximum absolute atomic E-state index is 11.9. The minimum Gasteiger partial charge on any atom is -0.383 e. The molecule has 1 aromatic rings. The second-order valence-corrected chi connectivity index (χ2v) is 3.84. The summed E-state index contributed by atoms with van der Waals surface area (Å²) in [5, 5.41) is 8.65. The Morgan fingerprint density at radius 1 is 1.41 bits per heavy atom. The van der Waals surface area contributed by atoms with Gasteiger partial charge in [0.05, 0.1) is 24.8 Å². The summed E-state index contributed by atoms with van der Waals surface area (Å²) >= 11 is 0. The average Bonchev–Trinajstić information content (AvgIpc) is 2.36. The van der Waals surface area contributed by atoms with Gasteiger partial charge in [0.25, 0.3) is 0 Å². The summed E-state index contributed by atoms with van der Waals surface area (Å²) in [5.74, 6) is 0.0492. The van der Waals surface area contributed by atoms with Gasteiger partial charge >= 0.3 is 0 Å². The monoisotopic (exact) mass is 232 g/mol. The minimum atomic E-state index is 0.0492. The maximum atomic E-state index is 11.9. The normalized spacial score (nSPS) is 10.2. The number of rotatable bonds is 6. The van der Waals surface area contributed by atoms with Crippen LogP contribution in [-0.2, 0) is 4.74 Å². The highest BCUT2D eigenvalue weighted by Gasteiger charge is 2.08. The van der Waals surface area contributed by atoms with Crippen molar-refractivity contribution in [1.82, 2.24) is 4.90 Å². The molecule has 90 valence electrons. The van der Waals surface area contributed by atoms with Gasteiger partial charge in [0.2, 0.25) is 0 Å². The number of Topliss-reactive ketones (excluding diaryl/α,β-unsaturated/α-hetero) is 1. The van der Waals surface area contributed by atoms with Crippen LogP contribution in [0.2, 0.25) is 0 Å². The molecule has 4 nitrogen and oxygen atoms in total. The van der Waals surface area contributed by atoms with Crippen LogP contribution in [0.1, 0.15) is 15.9 Å². The highest BCUT2D eigenvalue weighted by atomic mass is 16.5. The molecular weight excluding hydrogens is 216 g/mol. The molecule has 0 N–H and O–H groups in total. The Morgan fingerprint density at radius 3 is 2.59 bits per heavy atom. The van der Waals surface area contributed by atoms with Crippen molar-refractivity contribution in [3.8, 4) is 6.07 Å². The maximum Gasteiger partial charge on any atom is 0.176 e. The van der Waals surface area contributed by atoms with E-state index in [4.69, 9.17) is 10.00 Å². The molecule has 17 heavy (non-hydrogen) atoms. The predicted molar refractivity (Wildman–Crippen MR) is 64.9 cm³/mol. The number of nitriles is 1. The molecule has 0 aliphatic heterocycles. The third-order valence-corrected chi connectivity index (χ3v) is 2.43. The van der Waals surface area contributed by atoms with Crippen molar-refractivity contribution in [2.75, 3.05) is 33.9 Å². The first-order valence-electron chi connectivity index (χ1n) is 5.38. The van der Waals surface area contributed by atoms with E-state index < -0.39 is 0 Å². The lowest BCUT2D eigenvalue weighted by atomic mass is 10.1. The molecule has 0 atom stereocenters. The van der Waals surface area contributed by atoms with Gasteiger partial charge in [-0.1, -0.05) is 12.1 Å². The molecule has 4 heteroatoms.